The van der Waals surface area contributed by atoms with Crippen LogP contribution in [0.3, 0.4) is 0 Å². The van der Waals surface area contributed by atoms with Crippen LogP contribution in [0.2, 0.25) is 0 Å². The lowest BCUT2D eigenvalue weighted by atomic mass is 9.77. The van der Waals surface area contributed by atoms with E-state index in [4.69, 9.17) is 9.73 Å². The number of benzene rings is 3. The van der Waals surface area contributed by atoms with E-state index in [9.17, 15) is 5.11 Å². The Hall–Kier alpha value is -2.85. The van der Waals surface area contributed by atoms with Gasteiger partial charge in [-0.2, -0.15) is 0 Å². The zero-order valence-corrected chi connectivity index (χ0v) is 15.7. The lowest BCUT2D eigenvalue weighted by molar-refractivity contribution is 0.0826. The van der Waals surface area contributed by atoms with Gasteiger partial charge < -0.3 is 14.7 Å². The molecule has 1 N–H and O–H groups in total. The fourth-order valence-corrected chi connectivity index (χ4v) is 4.53. The first-order valence-electron chi connectivity index (χ1n) is 9.22. The highest BCUT2D eigenvalue weighted by Gasteiger charge is 2.58. The predicted octanol–water partition coefficient (Wildman–Crippen LogP) is 4.55. The molecule has 0 saturated carbocycles. The Bertz CT molecular complexity index is 1100. The van der Waals surface area contributed by atoms with Crippen molar-refractivity contribution in [3.63, 3.8) is 0 Å². The summed E-state index contributed by atoms with van der Waals surface area (Å²) in [6, 6.07) is 18.4. The maximum absolute atomic E-state index is 9.39. The van der Waals surface area contributed by atoms with Crippen molar-refractivity contribution in [2.45, 2.75) is 31.6 Å². The number of aliphatic imine (C=N–C) groups is 1. The van der Waals surface area contributed by atoms with E-state index < -0.39 is 5.72 Å². The molecule has 136 valence electrons. The van der Waals surface area contributed by atoms with Crippen LogP contribution in [0.4, 0.5) is 11.4 Å². The summed E-state index contributed by atoms with van der Waals surface area (Å²) in [5.74, 6) is 0.787. The van der Waals surface area contributed by atoms with Crippen LogP contribution in [-0.4, -0.2) is 24.1 Å². The SMILES string of the molecule is CN1c2ccccc2C(C)(C)C12C=Nc1c(ccc3cc(CO)ccc13)O2. The minimum atomic E-state index is -0.664. The molecule has 3 aromatic carbocycles. The molecular formula is C23H22N2O2. The lowest BCUT2D eigenvalue weighted by Crippen LogP contribution is -2.61. The van der Waals surface area contributed by atoms with Gasteiger partial charge in [-0.05, 0) is 48.6 Å². The normalized spacial score (nSPS) is 22.0. The molecule has 4 heteroatoms. The number of hydrogen-bond acceptors (Lipinski definition) is 4. The van der Waals surface area contributed by atoms with Gasteiger partial charge in [0, 0.05) is 18.1 Å². The number of nitrogens with zero attached hydrogens (tertiary/aromatic N) is 2. The second kappa shape index (κ2) is 5.33. The lowest BCUT2D eigenvalue weighted by Gasteiger charge is -2.45. The molecule has 0 aliphatic carbocycles. The van der Waals surface area contributed by atoms with Crippen molar-refractivity contribution in [1.82, 2.24) is 0 Å². The van der Waals surface area contributed by atoms with Gasteiger partial charge in [0.1, 0.15) is 11.4 Å². The summed E-state index contributed by atoms with van der Waals surface area (Å²) in [5, 5.41) is 11.5. The van der Waals surface area contributed by atoms with Crippen LogP contribution in [0.25, 0.3) is 10.8 Å². The molecule has 0 radical (unpaired) electrons. The number of hydrogen-bond donors (Lipinski definition) is 1. The van der Waals surface area contributed by atoms with Gasteiger partial charge >= 0.3 is 0 Å². The number of para-hydroxylation sites is 1. The average Bonchev–Trinajstić information content (AvgIpc) is 2.86. The number of anilines is 1. The van der Waals surface area contributed by atoms with Crippen LogP contribution in [0.1, 0.15) is 25.0 Å². The van der Waals surface area contributed by atoms with E-state index in [1.807, 2.05) is 36.5 Å². The van der Waals surface area contributed by atoms with Gasteiger partial charge in [-0.15, -0.1) is 0 Å². The first kappa shape index (κ1) is 16.3. The Labute approximate surface area is 158 Å². The van der Waals surface area contributed by atoms with Crippen LogP contribution in [0.5, 0.6) is 5.75 Å². The van der Waals surface area contributed by atoms with E-state index in [1.54, 1.807) is 0 Å². The van der Waals surface area contributed by atoms with Crippen molar-refractivity contribution in [2.75, 3.05) is 11.9 Å². The highest BCUT2D eigenvalue weighted by Crippen LogP contribution is 2.54. The number of aliphatic hydroxyl groups is 1. The van der Waals surface area contributed by atoms with Crippen LogP contribution < -0.4 is 9.64 Å². The summed E-state index contributed by atoms with van der Waals surface area (Å²) in [5.41, 5.74) is 3.26. The molecule has 2 heterocycles. The molecule has 1 unspecified atom stereocenters. The van der Waals surface area contributed by atoms with E-state index in [2.05, 4.69) is 50.1 Å². The largest absolute Gasteiger partial charge is 0.459 e. The Morgan fingerprint density at radius 3 is 2.67 bits per heavy atom. The highest BCUT2D eigenvalue weighted by molar-refractivity contribution is 6.00. The maximum Gasteiger partial charge on any atom is 0.228 e. The first-order chi connectivity index (χ1) is 13.0. The van der Waals surface area contributed by atoms with Gasteiger partial charge in [-0.1, -0.05) is 36.4 Å². The summed E-state index contributed by atoms with van der Waals surface area (Å²) in [7, 11) is 2.07. The van der Waals surface area contributed by atoms with Crippen molar-refractivity contribution in [1.29, 1.82) is 0 Å². The van der Waals surface area contributed by atoms with E-state index in [-0.39, 0.29) is 12.0 Å². The van der Waals surface area contributed by atoms with Gasteiger partial charge in [0.2, 0.25) is 5.72 Å². The van der Waals surface area contributed by atoms with E-state index in [1.165, 1.54) is 11.3 Å². The number of likely N-dealkylation sites (N-methyl/N-ethyl adjacent to an activating group) is 1. The fourth-order valence-electron chi connectivity index (χ4n) is 4.53. The Balaban J connectivity index is 1.67. The van der Waals surface area contributed by atoms with Crippen LogP contribution in [-0.2, 0) is 12.0 Å². The molecule has 2 aliphatic heterocycles. The molecule has 27 heavy (non-hydrogen) atoms. The van der Waals surface area contributed by atoms with Crippen LogP contribution in [0, 0.1) is 0 Å². The minimum absolute atomic E-state index is 0.0349. The van der Waals surface area contributed by atoms with E-state index >= 15 is 0 Å². The van der Waals surface area contributed by atoms with Crippen molar-refractivity contribution in [3.05, 3.63) is 65.7 Å². The van der Waals surface area contributed by atoms with Gasteiger partial charge in [0.05, 0.1) is 18.2 Å². The number of ether oxygens (including phenoxy) is 1. The quantitative estimate of drug-likeness (QED) is 0.694. The van der Waals surface area contributed by atoms with Crippen molar-refractivity contribution >= 4 is 28.4 Å². The van der Waals surface area contributed by atoms with Crippen molar-refractivity contribution in [2.24, 2.45) is 4.99 Å². The number of rotatable bonds is 1. The average molecular weight is 358 g/mol. The Morgan fingerprint density at radius 1 is 1.07 bits per heavy atom. The topological polar surface area (TPSA) is 45.1 Å². The molecule has 0 amide bonds. The predicted molar refractivity (Wildman–Crippen MR) is 109 cm³/mol. The summed E-state index contributed by atoms with van der Waals surface area (Å²) in [4.78, 5) is 7.08. The standard InChI is InChI=1S/C23H22N2O2/c1-22(2)18-6-4-5-7-19(18)25(3)23(22)14-24-21-17-10-8-15(13-26)12-16(17)9-11-20(21)27-23/h4-12,14,26H,13H2,1-3H3. The molecule has 0 bridgehead atoms. The van der Waals surface area contributed by atoms with E-state index in [0.29, 0.717) is 0 Å². The van der Waals surface area contributed by atoms with Gasteiger partial charge in [-0.3, -0.25) is 4.99 Å². The maximum atomic E-state index is 9.39. The Kier molecular flexibility index (Phi) is 3.23. The summed E-state index contributed by atoms with van der Waals surface area (Å²) < 4.78 is 6.68. The van der Waals surface area contributed by atoms with E-state index in [0.717, 1.165) is 27.8 Å². The van der Waals surface area contributed by atoms with Crippen LogP contribution in [0.15, 0.2) is 59.6 Å². The fraction of sp³-hybridized carbons (Fsp3) is 0.261. The van der Waals surface area contributed by atoms with Gasteiger partial charge in [-0.25, -0.2) is 0 Å². The first-order valence-corrected chi connectivity index (χ1v) is 9.22. The molecule has 0 aromatic heterocycles. The molecule has 0 fully saturated rings. The second-order valence-electron chi connectivity index (χ2n) is 7.88. The third-order valence-corrected chi connectivity index (χ3v) is 6.17. The molecule has 4 nitrogen and oxygen atoms in total. The molecule has 5 rings (SSSR count). The van der Waals surface area contributed by atoms with Crippen LogP contribution >= 0.6 is 0 Å². The Morgan fingerprint density at radius 2 is 1.89 bits per heavy atom. The monoisotopic (exact) mass is 358 g/mol. The smallest absolute Gasteiger partial charge is 0.228 e. The molecule has 1 spiro atoms. The highest BCUT2D eigenvalue weighted by atomic mass is 16.5. The van der Waals surface area contributed by atoms with Gasteiger partial charge in [0.25, 0.3) is 0 Å². The summed E-state index contributed by atoms with van der Waals surface area (Å²) in [6.45, 7) is 4.45. The zero-order valence-electron chi connectivity index (χ0n) is 15.7. The second-order valence-corrected chi connectivity index (χ2v) is 7.88. The van der Waals surface area contributed by atoms with Gasteiger partial charge in [0.15, 0.2) is 0 Å². The van der Waals surface area contributed by atoms with Crippen molar-refractivity contribution < 1.29 is 9.84 Å². The third kappa shape index (κ3) is 1.99. The molecule has 1 atom stereocenters. The number of fused-ring (bicyclic) bond motifs is 4. The summed E-state index contributed by atoms with van der Waals surface area (Å²) in [6.07, 6.45) is 1.95. The molecular weight excluding hydrogens is 336 g/mol. The molecule has 2 aliphatic rings. The third-order valence-electron chi connectivity index (χ3n) is 6.17. The molecule has 0 saturated heterocycles. The zero-order chi connectivity index (χ0) is 18.8. The van der Waals surface area contributed by atoms with Crippen molar-refractivity contribution in [3.8, 4) is 5.75 Å². The summed E-state index contributed by atoms with van der Waals surface area (Å²) >= 11 is 0. The number of aliphatic hydroxyl groups excluding tert-OH is 1. The minimum Gasteiger partial charge on any atom is -0.459 e. The molecule has 3 aromatic rings.